The van der Waals surface area contributed by atoms with Gasteiger partial charge in [-0.25, -0.2) is 0 Å². The maximum atomic E-state index is 5.50. The van der Waals surface area contributed by atoms with Crippen LogP contribution in [0, 0.1) is 0 Å². The monoisotopic (exact) mass is 299 g/mol. The third-order valence-corrected chi connectivity index (χ3v) is 4.60. The fourth-order valence-corrected chi connectivity index (χ4v) is 3.46. The maximum absolute atomic E-state index is 5.50. The van der Waals surface area contributed by atoms with Crippen LogP contribution < -0.4 is 0 Å². The summed E-state index contributed by atoms with van der Waals surface area (Å²) in [6, 6.07) is 21.5. The second-order valence-corrected chi connectivity index (χ2v) is 5.92. The molecular formula is C18H21NOS. The lowest BCUT2D eigenvalue weighted by molar-refractivity contribution is 0.0155. The van der Waals surface area contributed by atoms with Gasteiger partial charge in [0.1, 0.15) is 0 Å². The van der Waals surface area contributed by atoms with Gasteiger partial charge in [-0.3, -0.25) is 4.90 Å². The van der Waals surface area contributed by atoms with Crippen LogP contribution in [0.15, 0.2) is 60.7 Å². The number of nitrogens with zero attached hydrogens (tertiary/aromatic N) is 1. The van der Waals surface area contributed by atoms with Gasteiger partial charge in [-0.05, 0) is 11.1 Å². The second kappa shape index (κ2) is 7.12. The molecular weight excluding hydrogens is 278 g/mol. The Morgan fingerprint density at radius 2 is 1.33 bits per heavy atom. The number of ether oxygens (including phenoxy) is 1. The van der Waals surface area contributed by atoms with Gasteiger partial charge in [-0.15, -0.1) is 0 Å². The van der Waals surface area contributed by atoms with Gasteiger partial charge in [0.25, 0.3) is 0 Å². The Labute approximate surface area is 132 Å². The number of benzene rings is 2. The van der Waals surface area contributed by atoms with Crippen molar-refractivity contribution in [2.45, 2.75) is 11.3 Å². The minimum absolute atomic E-state index is 0.159. The zero-order valence-corrected chi connectivity index (χ0v) is 13.0. The molecule has 0 unspecified atom stereocenters. The van der Waals surface area contributed by atoms with Crippen molar-refractivity contribution in [1.82, 2.24) is 4.90 Å². The van der Waals surface area contributed by atoms with E-state index in [4.69, 9.17) is 17.4 Å². The highest BCUT2D eigenvalue weighted by atomic mass is 32.1. The summed E-state index contributed by atoms with van der Waals surface area (Å²) >= 11 is 4.95. The van der Waals surface area contributed by atoms with Crippen LogP contribution in [-0.4, -0.2) is 31.2 Å². The molecule has 2 nitrogen and oxygen atoms in total. The van der Waals surface area contributed by atoms with E-state index in [2.05, 4.69) is 65.6 Å². The number of hydrogen-bond acceptors (Lipinski definition) is 3. The van der Waals surface area contributed by atoms with Crippen LogP contribution in [0.5, 0.6) is 0 Å². The number of thiol groups is 1. The van der Waals surface area contributed by atoms with E-state index in [1.54, 1.807) is 0 Å². The normalized spacial score (nSPS) is 19.1. The van der Waals surface area contributed by atoms with E-state index in [1.807, 2.05) is 0 Å². The standard InChI is InChI=1S/C18H21NOS/c21-18(16-9-5-2-6-10-16)17(15-7-3-1-4-8-15)19-11-13-20-14-12-19/h1-10,17-18,21H,11-14H2/t17-,18+/m0/s1. The van der Waals surface area contributed by atoms with E-state index in [0.717, 1.165) is 26.3 Å². The molecule has 1 aliphatic rings. The Kier molecular flexibility index (Phi) is 4.96. The van der Waals surface area contributed by atoms with Gasteiger partial charge in [-0.1, -0.05) is 60.7 Å². The Morgan fingerprint density at radius 1 is 0.810 bits per heavy atom. The van der Waals surface area contributed by atoms with Crippen LogP contribution in [0.25, 0.3) is 0 Å². The fraction of sp³-hybridized carbons (Fsp3) is 0.333. The fourth-order valence-electron chi connectivity index (χ4n) is 2.93. The van der Waals surface area contributed by atoms with Crippen molar-refractivity contribution < 1.29 is 4.74 Å². The van der Waals surface area contributed by atoms with Crippen LogP contribution >= 0.6 is 12.6 Å². The summed E-state index contributed by atoms with van der Waals surface area (Å²) in [5, 5.41) is 0.159. The summed E-state index contributed by atoms with van der Waals surface area (Å²) in [5.41, 5.74) is 2.59. The van der Waals surface area contributed by atoms with E-state index in [9.17, 15) is 0 Å². The summed E-state index contributed by atoms with van der Waals surface area (Å²) in [4.78, 5) is 2.49. The summed E-state index contributed by atoms with van der Waals surface area (Å²) in [6.07, 6.45) is 0. The molecule has 1 saturated heterocycles. The number of hydrogen-bond donors (Lipinski definition) is 1. The number of morpholine rings is 1. The van der Waals surface area contributed by atoms with Gasteiger partial charge >= 0.3 is 0 Å². The lowest BCUT2D eigenvalue weighted by Gasteiger charge is -2.38. The first kappa shape index (κ1) is 14.6. The molecule has 0 N–H and O–H groups in total. The van der Waals surface area contributed by atoms with Crippen LogP contribution in [-0.2, 0) is 4.74 Å². The van der Waals surface area contributed by atoms with Crippen molar-refractivity contribution in [2.24, 2.45) is 0 Å². The zero-order valence-electron chi connectivity index (χ0n) is 12.1. The molecule has 3 heteroatoms. The average Bonchev–Trinajstić information content (AvgIpc) is 2.58. The van der Waals surface area contributed by atoms with Crippen molar-refractivity contribution >= 4 is 12.6 Å². The van der Waals surface area contributed by atoms with Crippen LogP contribution in [0.1, 0.15) is 22.4 Å². The van der Waals surface area contributed by atoms with Crippen LogP contribution in [0.2, 0.25) is 0 Å². The first-order chi connectivity index (χ1) is 10.4. The van der Waals surface area contributed by atoms with Gasteiger partial charge in [-0.2, -0.15) is 12.6 Å². The molecule has 0 saturated carbocycles. The highest BCUT2D eigenvalue weighted by Crippen LogP contribution is 2.38. The van der Waals surface area contributed by atoms with E-state index in [0.29, 0.717) is 0 Å². The minimum Gasteiger partial charge on any atom is -0.379 e. The minimum atomic E-state index is 0.159. The van der Waals surface area contributed by atoms with Gasteiger partial charge < -0.3 is 4.74 Å². The Balaban J connectivity index is 1.92. The highest BCUT2D eigenvalue weighted by Gasteiger charge is 2.28. The average molecular weight is 299 g/mol. The molecule has 1 heterocycles. The molecule has 21 heavy (non-hydrogen) atoms. The quantitative estimate of drug-likeness (QED) is 0.864. The van der Waals surface area contributed by atoms with E-state index < -0.39 is 0 Å². The van der Waals surface area contributed by atoms with Crippen molar-refractivity contribution in [3.63, 3.8) is 0 Å². The number of rotatable bonds is 4. The molecule has 0 radical (unpaired) electrons. The predicted molar refractivity (Wildman–Crippen MR) is 89.7 cm³/mol. The molecule has 0 aromatic heterocycles. The van der Waals surface area contributed by atoms with Crippen LogP contribution in [0.4, 0.5) is 0 Å². The summed E-state index contributed by atoms with van der Waals surface area (Å²) in [6.45, 7) is 3.53. The smallest absolute Gasteiger partial charge is 0.0594 e. The second-order valence-electron chi connectivity index (χ2n) is 5.36. The highest BCUT2D eigenvalue weighted by molar-refractivity contribution is 7.80. The zero-order chi connectivity index (χ0) is 14.5. The summed E-state index contributed by atoms with van der Waals surface area (Å²) in [7, 11) is 0. The lowest BCUT2D eigenvalue weighted by Crippen LogP contribution is -2.40. The van der Waals surface area contributed by atoms with E-state index in [-0.39, 0.29) is 11.3 Å². The van der Waals surface area contributed by atoms with Crippen molar-refractivity contribution in [2.75, 3.05) is 26.3 Å². The van der Waals surface area contributed by atoms with Crippen molar-refractivity contribution in [3.05, 3.63) is 71.8 Å². The topological polar surface area (TPSA) is 12.5 Å². The first-order valence-electron chi connectivity index (χ1n) is 7.46. The van der Waals surface area contributed by atoms with Crippen molar-refractivity contribution in [1.29, 1.82) is 0 Å². The maximum Gasteiger partial charge on any atom is 0.0594 e. The first-order valence-corrected chi connectivity index (χ1v) is 7.97. The molecule has 3 rings (SSSR count). The van der Waals surface area contributed by atoms with Crippen molar-refractivity contribution in [3.8, 4) is 0 Å². The van der Waals surface area contributed by atoms with Gasteiger partial charge in [0.2, 0.25) is 0 Å². The molecule has 2 aromatic carbocycles. The largest absolute Gasteiger partial charge is 0.379 e. The molecule has 2 atom stereocenters. The third kappa shape index (κ3) is 3.49. The van der Waals surface area contributed by atoms with Gasteiger partial charge in [0.15, 0.2) is 0 Å². The molecule has 1 aliphatic heterocycles. The molecule has 0 spiro atoms. The van der Waals surface area contributed by atoms with Crippen LogP contribution in [0.3, 0.4) is 0 Å². The Bertz CT molecular complexity index is 540. The molecule has 0 aliphatic carbocycles. The van der Waals surface area contributed by atoms with Gasteiger partial charge in [0.05, 0.1) is 19.3 Å². The lowest BCUT2D eigenvalue weighted by atomic mass is 9.96. The molecule has 0 bridgehead atoms. The van der Waals surface area contributed by atoms with E-state index in [1.165, 1.54) is 11.1 Å². The third-order valence-electron chi connectivity index (χ3n) is 4.02. The Morgan fingerprint density at radius 3 is 1.90 bits per heavy atom. The molecule has 0 amide bonds. The van der Waals surface area contributed by atoms with E-state index >= 15 is 0 Å². The Hall–Kier alpha value is -1.29. The molecule has 1 fully saturated rings. The summed E-state index contributed by atoms with van der Waals surface area (Å²) in [5.74, 6) is 0. The predicted octanol–water partition coefficient (Wildman–Crippen LogP) is 3.73. The van der Waals surface area contributed by atoms with Gasteiger partial charge in [0, 0.05) is 18.3 Å². The summed E-state index contributed by atoms with van der Waals surface area (Å²) < 4.78 is 5.50. The SMILES string of the molecule is S[C@H](c1ccccc1)[C@H](c1ccccc1)N1CCOCC1. The molecule has 110 valence electrons. The molecule has 2 aromatic rings.